The van der Waals surface area contributed by atoms with Gasteiger partial charge in [-0.25, -0.2) is 4.98 Å². The van der Waals surface area contributed by atoms with Crippen molar-refractivity contribution < 1.29 is 9.53 Å². The molecular weight excluding hydrogens is 302 g/mol. The number of esters is 1. The molecule has 0 N–H and O–H groups in total. The molecule has 3 rings (SSSR count). The fourth-order valence-electron chi connectivity index (χ4n) is 3.29. The quantitative estimate of drug-likeness (QED) is 0.732. The lowest BCUT2D eigenvalue weighted by atomic mass is 10.1. The Balaban J connectivity index is 1.60. The predicted octanol–water partition coefficient (Wildman–Crippen LogP) is 2.31. The fraction of sp³-hybridized carbons (Fsp3) is 0.474. The van der Waals surface area contributed by atoms with Crippen molar-refractivity contribution in [2.45, 2.75) is 38.3 Å². The minimum absolute atomic E-state index is 0.157. The van der Waals surface area contributed by atoms with Crippen LogP contribution in [-0.2, 0) is 28.9 Å². The molecule has 1 aliphatic heterocycles. The summed E-state index contributed by atoms with van der Waals surface area (Å²) < 4.78 is 7.09. The summed E-state index contributed by atoms with van der Waals surface area (Å²) in [6.07, 6.45) is 7.80. The number of aryl methyl sites for hydroxylation is 2. The van der Waals surface area contributed by atoms with Gasteiger partial charge in [-0.15, -0.1) is 0 Å². The Kier molecular flexibility index (Phi) is 5.64. The third kappa shape index (κ3) is 4.23. The van der Waals surface area contributed by atoms with E-state index in [4.69, 9.17) is 4.74 Å². The summed E-state index contributed by atoms with van der Waals surface area (Å²) in [5.41, 5.74) is 2.27. The Morgan fingerprint density at radius 2 is 2.00 bits per heavy atom. The first kappa shape index (κ1) is 16.7. The van der Waals surface area contributed by atoms with Gasteiger partial charge in [-0.1, -0.05) is 30.3 Å². The van der Waals surface area contributed by atoms with Crippen molar-refractivity contribution in [3.8, 4) is 0 Å². The average Bonchev–Trinajstić information content (AvgIpc) is 3.30. The number of carbonyl (C=O) groups excluding carboxylic acids is 1. The number of likely N-dealkylation sites (tertiary alicyclic amines) is 1. The van der Waals surface area contributed by atoms with Gasteiger partial charge in [0.2, 0.25) is 0 Å². The van der Waals surface area contributed by atoms with E-state index in [-0.39, 0.29) is 12.0 Å². The lowest BCUT2D eigenvalue weighted by Gasteiger charge is -2.24. The summed E-state index contributed by atoms with van der Waals surface area (Å²) in [6.45, 7) is 2.83. The predicted molar refractivity (Wildman–Crippen MR) is 92.7 cm³/mol. The van der Waals surface area contributed by atoms with Gasteiger partial charge in [0.1, 0.15) is 6.04 Å². The van der Waals surface area contributed by atoms with E-state index in [0.29, 0.717) is 6.42 Å². The van der Waals surface area contributed by atoms with Crippen molar-refractivity contribution in [3.63, 3.8) is 0 Å². The van der Waals surface area contributed by atoms with Crippen molar-refractivity contribution >= 4 is 5.97 Å². The van der Waals surface area contributed by atoms with Crippen LogP contribution in [0.3, 0.4) is 0 Å². The highest BCUT2D eigenvalue weighted by atomic mass is 16.5. The average molecular weight is 327 g/mol. The molecule has 1 saturated heterocycles. The van der Waals surface area contributed by atoms with Crippen LogP contribution in [0.1, 0.15) is 24.1 Å². The zero-order valence-corrected chi connectivity index (χ0v) is 14.2. The van der Waals surface area contributed by atoms with Gasteiger partial charge < -0.3 is 9.30 Å². The molecule has 2 heterocycles. The number of ether oxygens (including phenoxy) is 1. The Morgan fingerprint density at radius 1 is 1.25 bits per heavy atom. The van der Waals surface area contributed by atoms with Crippen LogP contribution >= 0.6 is 0 Å². The summed E-state index contributed by atoms with van der Waals surface area (Å²) in [5.74, 6) is -0.157. The molecule has 0 amide bonds. The summed E-state index contributed by atoms with van der Waals surface area (Å²) in [7, 11) is 1.46. The van der Waals surface area contributed by atoms with Crippen LogP contribution in [0.2, 0.25) is 0 Å². The minimum Gasteiger partial charge on any atom is -0.468 e. The molecule has 0 aliphatic carbocycles. The van der Waals surface area contributed by atoms with Crippen molar-refractivity contribution in [2.75, 3.05) is 20.2 Å². The molecule has 0 saturated carbocycles. The molecule has 0 bridgehead atoms. The summed E-state index contributed by atoms with van der Waals surface area (Å²) in [4.78, 5) is 18.8. The standard InChI is InChI=1S/C19H25N3O2/c1-24-19(23)18(22-10-5-6-11-22)13-17-14-21(15-20-17)12-9-16-7-3-2-4-8-16/h2-4,7-8,14-15,18H,5-6,9-13H2,1H3/t18-/m0/s1. The molecule has 1 aromatic heterocycles. The number of hydrogen-bond acceptors (Lipinski definition) is 4. The van der Waals surface area contributed by atoms with Crippen LogP contribution in [-0.4, -0.2) is 46.7 Å². The van der Waals surface area contributed by atoms with E-state index in [1.54, 1.807) is 0 Å². The maximum absolute atomic E-state index is 12.1. The second kappa shape index (κ2) is 8.11. The topological polar surface area (TPSA) is 47.4 Å². The highest BCUT2D eigenvalue weighted by Gasteiger charge is 2.29. The summed E-state index contributed by atoms with van der Waals surface area (Å²) >= 11 is 0. The normalized spacial score (nSPS) is 16.2. The van der Waals surface area contributed by atoms with E-state index in [2.05, 4.69) is 44.9 Å². The first-order valence-electron chi connectivity index (χ1n) is 8.62. The minimum atomic E-state index is -0.213. The first-order chi connectivity index (χ1) is 11.8. The Morgan fingerprint density at radius 3 is 2.71 bits per heavy atom. The van der Waals surface area contributed by atoms with Gasteiger partial charge in [0.25, 0.3) is 0 Å². The summed E-state index contributed by atoms with van der Waals surface area (Å²) in [6, 6.07) is 10.2. The lowest BCUT2D eigenvalue weighted by molar-refractivity contribution is -0.146. The molecular formula is C19H25N3O2. The SMILES string of the molecule is COC(=O)[C@H](Cc1cn(CCc2ccccc2)cn1)N1CCCC1. The molecule has 5 nitrogen and oxygen atoms in total. The lowest BCUT2D eigenvalue weighted by Crippen LogP contribution is -2.41. The molecule has 128 valence electrons. The number of aromatic nitrogens is 2. The maximum atomic E-state index is 12.1. The number of hydrogen-bond donors (Lipinski definition) is 0. The monoisotopic (exact) mass is 327 g/mol. The highest BCUT2D eigenvalue weighted by molar-refractivity contribution is 5.76. The molecule has 1 aliphatic rings. The van der Waals surface area contributed by atoms with Crippen LogP contribution < -0.4 is 0 Å². The summed E-state index contributed by atoms with van der Waals surface area (Å²) in [5, 5.41) is 0. The van der Waals surface area contributed by atoms with Crippen LogP contribution in [0.25, 0.3) is 0 Å². The van der Waals surface area contributed by atoms with Crippen LogP contribution in [0.4, 0.5) is 0 Å². The van der Waals surface area contributed by atoms with Gasteiger partial charge in [0, 0.05) is 19.2 Å². The number of carbonyl (C=O) groups is 1. The number of nitrogens with zero attached hydrogens (tertiary/aromatic N) is 3. The van der Waals surface area contributed by atoms with Crippen LogP contribution in [0.5, 0.6) is 0 Å². The third-order valence-electron chi connectivity index (χ3n) is 4.65. The Bertz CT molecular complexity index is 648. The van der Waals surface area contributed by atoms with E-state index in [0.717, 1.165) is 44.6 Å². The third-order valence-corrected chi connectivity index (χ3v) is 4.65. The molecule has 1 fully saturated rings. The van der Waals surface area contributed by atoms with Gasteiger partial charge in [-0.3, -0.25) is 9.69 Å². The van der Waals surface area contributed by atoms with Crippen LogP contribution in [0, 0.1) is 0 Å². The smallest absolute Gasteiger partial charge is 0.323 e. The van der Waals surface area contributed by atoms with E-state index in [1.807, 2.05) is 12.4 Å². The molecule has 5 heteroatoms. The molecule has 24 heavy (non-hydrogen) atoms. The van der Waals surface area contributed by atoms with E-state index >= 15 is 0 Å². The Labute approximate surface area is 143 Å². The maximum Gasteiger partial charge on any atom is 0.323 e. The molecule has 0 unspecified atom stereocenters. The van der Waals surface area contributed by atoms with Crippen molar-refractivity contribution in [3.05, 3.63) is 54.1 Å². The largest absolute Gasteiger partial charge is 0.468 e. The number of methoxy groups -OCH3 is 1. The zero-order chi connectivity index (χ0) is 16.8. The molecule has 1 aromatic carbocycles. The molecule has 0 radical (unpaired) electrons. The fourth-order valence-corrected chi connectivity index (χ4v) is 3.29. The molecule has 1 atom stereocenters. The van der Waals surface area contributed by atoms with Gasteiger partial charge in [0.15, 0.2) is 0 Å². The van der Waals surface area contributed by atoms with Gasteiger partial charge >= 0.3 is 5.97 Å². The zero-order valence-electron chi connectivity index (χ0n) is 14.2. The molecule has 2 aromatic rings. The van der Waals surface area contributed by atoms with Crippen molar-refractivity contribution in [2.24, 2.45) is 0 Å². The number of benzene rings is 1. The molecule has 0 spiro atoms. The first-order valence-corrected chi connectivity index (χ1v) is 8.62. The van der Waals surface area contributed by atoms with E-state index < -0.39 is 0 Å². The van der Waals surface area contributed by atoms with Gasteiger partial charge in [-0.05, 0) is 37.9 Å². The van der Waals surface area contributed by atoms with Crippen molar-refractivity contribution in [1.82, 2.24) is 14.5 Å². The number of imidazole rings is 1. The highest BCUT2D eigenvalue weighted by Crippen LogP contribution is 2.16. The van der Waals surface area contributed by atoms with Crippen LogP contribution in [0.15, 0.2) is 42.9 Å². The Hall–Kier alpha value is -2.14. The van der Waals surface area contributed by atoms with Gasteiger partial charge in [0.05, 0.1) is 19.1 Å². The number of rotatable bonds is 7. The van der Waals surface area contributed by atoms with Gasteiger partial charge in [-0.2, -0.15) is 0 Å². The van der Waals surface area contributed by atoms with Crippen molar-refractivity contribution in [1.29, 1.82) is 0 Å². The second-order valence-corrected chi connectivity index (χ2v) is 6.32. The van der Waals surface area contributed by atoms with E-state index in [1.165, 1.54) is 12.7 Å². The van der Waals surface area contributed by atoms with E-state index in [9.17, 15) is 4.79 Å². The second-order valence-electron chi connectivity index (χ2n) is 6.32.